The van der Waals surface area contributed by atoms with Crippen LogP contribution < -0.4 is 21.7 Å². The number of hydrogen-bond donors (Lipinski definition) is 7. The van der Waals surface area contributed by atoms with Crippen LogP contribution in [0, 0.1) is 5.92 Å². The number of aliphatic hydroxyl groups is 2. The minimum atomic E-state index is -1.53. The minimum absolute atomic E-state index is 0.137. The summed E-state index contributed by atoms with van der Waals surface area (Å²) in [6.07, 6.45) is -1.95. The second-order valence-corrected chi connectivity index (χ2v) is 6.48. The lowest BCUT2D eigenvalue weighted by molar-refractivity contribution is -0.144. The van der Waals surface area contributed by atoms with Crippen molar-refractivity contribution in [2.45, 2.75) is 64.4 Å². The largest absolute Gasteiger partial charge is 0.480 e. The molecule has 0 spiro atoms. The van der Waals surface area contributed by atoms with Crippen molar-refractivity contribution >= 4 is 23.7 Å². The third-order valence-corrected chi connectivity index (χ3v) is 4.11. The van der Waals surface area contributed by atoms with Crippen LogP contribution in [0.25, 0.3) is 0 Å². The van der Waals surface area contributed by atoms with Crippen LogP contribution >= 0.6 is 0 Å². The van der Waals surface area contributed by atoms with Gasteiger partial charge in [-0.3, -0.25) is 14.4 Å². The summed E-state index contributed by atoms with van der Waals surface area (Å²) in [5.74, 6) is -3.88. The highest BCUT2D eigenvalue weighted by Gasteiger charge is 2.30. The van der Waals surface area contributed by atoms with E-state index in [4.69, 9.17) is 10.8 Å². The van der Waals surface area contributed by atoms with Crippen molar-refractivity contribution in [3.63, 3.8) is 0 Å². The molecule has 0 rings (SSSR count). The molecule has 0 aromatic rings. The van der Waals surface area contributed by atoms with Gasteiger partial charge in [0, 0.05) is 0 Å². The van der Waals surface area contributed by atoms with E-state index < -0.39 is 60.6 Å². The number of nitrogens with two attached hydrogens (primary N) is 1. The smallest absolute Gasteiger partial charge is 0.328 e. The number of amides is 3. The van der Waals surface area contributed by atoms with Crippen LogP contribution in [-0.4, -0.2) is 75.9 Å². The number of carbonyl (C=O) groups excluding carboxylic acids is 3. The lowest BCUT2D eigenvalue weighted by Gasteiger charge is -2.24. The van der Waals surface area contributed by atoms with Crippen molar-refractivity contribution in [2.24, 2.45) is 11.7 Å². The van der Waals surface area contributed by atoms with E-state index in [0.717, 1.165) is 0 Å². The van der Waals surface area contributed by atoms with Crippen LogP contribution in [0.5, 0.6) is 0 Å². The predicted octanol–water partition coefficient (Wildman–Crippen LogP) is -2.71. The molecule has 0 aliphatic heterocycles. The fourth-order valence-electron chi connectivity index (χ4n) is 2.06. The van der Waals surface area contributed by atoms with Gasteiger partial charge in [-0.2, -0.15) is 0 Å². The Kier molecular flexibility index (Phi) is 10.5. The van der Waals surface area contributed by atoms with E-state index in [2.05, 4.69) is 10.6 Å². The SMILES string of the molecule is CCC(C)C(N)C(=O)NC(C(=O)NCC(=O)NC(C(=O)O)C(C)O)C(C)O. The first-order valence-electron chi connectivity index (χ1n) is 8.64. The zero-order chi connectivity index (χ0) is 21.3. The Hall–Kier alpha value is -2.24. The van der Waals surface area contributed by atoms with E-state index >= 15 is 0 Å². The standard InChI is InChI=1S/C16H30N4O7/c1-5-7(2)11(17)14(24)20-12(8(3)21)15(25)18-6-10(23)19-13(9(4)22)16(26)27/h7-9,11-13,21-22H,5-6,17H2,1-4H3,(H,18,25)(H,19,23)(H,20,24)(H,26,27). The van der Waals surface area contributed by atoms with Crippen molar-refractivity contribution < 1.29 is 34.5 Å². The molecule has 156 valence electrons. The maximum atomic E-state index is 12.2. The summed E-state index contributed by atoms with van der Waals surface area (Å²) < 4.78 is 0. The Morgan fingerprint density at radius 1 is 0.926 bits per heavy atom. The summed E-state index contributed by atoms with van der Waals surface area (Å²) in [6, 6.07) is -3.74. The van der Waals surface area contributed by atoms with Gasteiger partial charge in [0.15, 0.2) is 6.04 Å². The lowest BCUT2D eigenvalue weighted by Crippen LogP contribution is -2.58. The van der Waals surface area contributed by atoms with Gasteiger partial charge in [-0.1, -0.05) is 20.3 Å². The molecule has 11 nitrogen and oxygen atoms in total. The molecular weight excluding hydrogens is 360 g/mol. The van der Waals surface area contributed by atoms with Crippen LogP contribution in [0.1, 0.15) is 34.1 Å². The highest BCUT2D eigenvalue weighted by molar-refractivity contribution is 5.93. The maximum absolute atomic E-state index is 12.2. The molecule has 0 radical (unpaired) electrons. The van der Waals surface area contributed by atoms with Crippen molar-refractivity contribution in [3.05, 3.63) is 0 Å². The predicted molar refractivity (Wildman–Crippen MR) is 95.3 cm³/mol. The van der Waals surface area contributed by atoms with Gasteiger partial charge in [0.1, 0.15) is 6.04 Å². The van der Waals surface area contributed by atoms with Gasteiger partial charge in [-0.15, -0.1) is 0 Å². The molecule has 0 aromatic heterocycles. The summed E-state index contributed by atoms with van der Waals surface area (Å²) in [7, 11) is 0. The molecule has 0 heterocycles. The number of carboxylic acid groups (broad SMARTS) is 1. The fourth-order valence-corrected chi connectivity index (χ4v) is 2.06. The Labute approximate surface area is 157 Å². The van der Waals surface area contributed by atoms with Gasteiger partial charge in [-0.05, 0) is 19.8 Å². The lowest BCUT2D eigenvalue weighted by atomic mass is 9.99. The van der Waals surface area contributed by atoms with Gasteiger partial charge in [0.2, 0.25) is 17.7 Å². The molecule has 0 bridgehead atoms. The molecule has 0 saturated heterocycles. The quantitative estimate of drug-likeness (QED) is 0.198. The molecule has 3 amide bonds. The Balaban J connectivity index is 4.79. The number of rotatable bonds is 11. The van der Waals surface area contributed by atoms with Crippen molar-refractivity contribution in [1.29, 1.82) is 0 Å². The number of aliphatic hydroxyl groups excluding tert-OH is 2. The first-order chi connectivity index (χ1) is 12.4. The third-order valence-electron chi connectivity index (χ3n) is 4.11. The van der Waals surface area contributed by atoms with Crippen molar-refractivity contribution in [1.82, 2.24) is 16.0 Å². The Bertz CT molecular complexity index is 539. The average molecular weight is 390 g/mol. The normalized spacial score (nSPS) is 17.6. The summed E-state index contributed by atoms with van der Waals surface area (Å²) >= 11 is 0. The molecule has 6 unspecified atom stereocenters. The summed E-state index contributed by atoms with van der Waals surface area (Å²) in [6.45, 7) is 5.50. The van der Waals surface area contributed by atoms with E-state index in [-0.39, 0.29) is 5.92 Å². The van der Waals surface area contributed by atoms with Gasteiger partial charge in [-0.25, -0.2) is 4.79 Å². The highest BCUT2D eigenvalue weighted by Crippen LogP contribution is 2.06. The molecule has 11 heteroatoms. The van der Waals surface area contributed by atoms with Gasteiger partial charge >= 0.3 is 5.97 Å². The van der Waals surface area contributed by atoms with Crippen molar-refractivity contribution in [2.75, 3.05) is 6.54 Å². The summed E-state index contributed by atoms with van der Waals surface area (Å²) in [5.41, 5.74) is 5.78. The second kappa shape index (κ2) is 11.5. The Morgan fingerprint density at radius 2 is 1.44 bits per heavy atom. The summed E-state index contributed by atoms with van der Waals surface area (Å²) in [5, 5.41) is 34.5. The van der Waals surface area contributed by atoms with E-state index in [1.54, 1.807) is 6.92 Å². The fraction of sp³-hybridized carbons (Fsp3) is 0.750. The topological polar surface area (TPSA) is 191 Å². The van der Waals surface area contributed by atoms with E-state index in [9.17, 15) is 29.4 Å². The average Bonchev–Trinajstić information content (AvgIpc) is 2.59. The second-order valence-electron chi connectivity index (χ2n) is 6.48. The number of carboxylic acids is 1. The molecule has 8 N–H and O–H groups in total. The maximum Gasteiger partial charge on any atom is 0.328 e. The van der Waals surface area contributed by atoms with Gasteiger partial charge < -0.3 is 37.0 Å². The number of hydrogen-bond acceptors (Lipinski definition) is 7. The summed E-state index contributed by atoms with van der Waals surface area (Å²) in [4.78, 5) is 46.9. The zero-order valence-corrected chi connectivity index (χ0v) is 15.9. The molecule has 0 saturated carbocycles. The minimum Gasteiger partial charge on any atom is -0.480 e. The number of nitrogens with one attached hydrogen (secondary N) is 3. The van der Waals surface area contributed by atoms with Crippen LogP contribution in [0.3, 0.4) is 0 Å². The molecule has 0 aliphatic rings. The van der Waals surface area contributed by atoms with Gasteiger partial charge in [0.05, 0.1) is 24.8 Å². The molecular formula is C16H30N4O7. The molecule has 27 heavy (non-hydrogen) atoms. The van der Waals surface area contributed by atoms with Crippen LogP contribution in [-0.2, 0) is 19.2 Å². The van der Waals surface area contributed by atoms with Crippen molar-refractivity contribution in [3.8, 4) is 0 Å². The number of carbonyl (C=O) groups is 4. The third kappa shape index (κ3) is 8.33. The molecule has 0 aromatic carbocycles. The number of aliphatic carboxylic acids is 1. The molecule has 0 aliphatic carbocycles. The first-order valence-corrected chi connectivity index (χ1v) is 8.64. The monoisotopic (exact) mass is 390 g/mol. The van der Waals surface area contributed by atoms with E-state index in [1.165, 1.54) is 13.8 Å². The van der Waals surface area contributed by atoms with Gasteiger partial charge in [0.25, 0.3) is 0 Å². The molecule has 0 fully saturated rings. The van der Waals surface area contributed by atoms with E-state index in [0.29, 0.717) is 6.42 Å². The highest BCUT2D eigenvalue weighted by atomic mass is 16.4. The van der Waals surface area contributed by atoms with Crippen LogP contribution in [0.2, 0.25) is 0 Å². The Morgan fingerprint density at radius 3 is 1.85 bits per heavy atom. The van der Waals surface area contributed by atoms with Crippen LogP contribution in [0.4, 0.5) is 0 Å². The molecule has 6 atom stereocenters. The zero-order valence-electron chi connectivity index (χ0n) is 15.9. The van der Waals surface area contributed by atoms with E-state index in [1.807, 2.05) is 12.2 Å². The van der Waals surface area contributed by atoms with Crippen LogP contribution in [0.15, 0.2) is 0 Å². The first kappa shape index (κ1) is 24.8.